The number of hydrogen-bond acceptors (Lipinski definition) is 3. The highest BCUT2D eigenvalue weighted by Gasteiger charge is 2.17. The third-order valence-electron chi connectivity index (χ3n) is 2.27. The van der Waals surface area contributed by atoms with Crippen molar-refractivity contribution in [2.24, 2.45) is 0 Å². The maximum Gasteiger partial charge on any atom is 0.240 e. The van der Waals surface area contributed by atoms with Gasteiger partial charge >= 0.3 is 0 Å². The molecule has 17 heavy (non-hydrogen) atoms. The van der Waals surface area contributed by atoms with Crippen LogP contribution in [-0.2, 0) is 10.0 Å². The zero-order valence-electron chi connectivity index (χ0n) is 9.62. The molecule has 1 aromatic carbocycles. The average molecular weight is 273 g/mol. The molecule has 0 aliphatic heterocycles. The maximum atomic E-state index is 11.9. The van der Waals surface area contributed by atoms with Crippen molar-refractivity contribution < 1.29 is 8.42 Å². The van der Waals surface area contributed by atoms with Gasteiger partial charge in [-0.05, 0) is 37.1 Å². The lowest BCUT2D eigenvalue weighted by Crippen LogP contribution is -2.25. The zero-order valence-corrected chi connectivity index (χ0v) is 11.2. The van der Waals surface area contributed by atoms with Gasteiger partial charge in [0.1, 0.15) is 0 Å². The fourth-order valence-electron chi connectivity index (χ4n) is 1.36. The summed E-state index contributed by atoms with van der Waals surface area (Å²) in [7, 11) is -3.56. The van der Waals surface area contributed by atoms with Crippen molar-refractivity contribution in [3.05, 3.63) is 28.3 Å². The molecule has 1 rings (SSSR count). The minimum Gasteiger partial charge on any atom is -0.210 e. The lowest BCUT2D eigenvalue weighted by Gasteiger charge is -2.10. The number of halogens is 1. The van der Waals surface area contributed by atoms with E-state index in [2.05, 4.69) is 4.72 Å². The number of nitriles is 1. The van der Waals surface area contributed by atoms with Crippen LogP contribution in [0.3, 0.4) is 0 Å². The summed E-state index contributed by atoms with van der Waals surface area (Å²) in [6.07, 6.45) is 0.144. The van der Waals surface area contributed by atoms with Gasteiger partial charge in [0.2, 0.25) is 10.0 Å². The number of sulfonamides is 1. The van der Waals surface area contributed by atoms with Gasteiger partial charge in [0.05, 0.1) is 11.0 Å². The lowest BCUT2D eigenvalue weighted by atomic mass is 10.2. The van der Waals surface area contributed by atoms with Gasteiger partial charge in [0.15, 0.2) is 0 Å². The molecule has 1 N–H and O–H groups in total. The molecule has 6 heteroatoms. The fraction of sp³-hybridized carbons (Fsp3) is 0.364. The second-order valence-corrected chi connectivity index (χ2v) is 5.82. The van der Waals surface area contributed by atoms with E-state index in [0.29, 0.717) is 16.1 Å². The minimum atomic E-state index is -3.56. The number of aryl methyl sites for hydroxylation is 2. The quantitative estimate of drug-likeness (QED) is 0.854. The largest absolute Gasteiger partial charge is 0.240 e. The molecule has 4 nitrogen and oxygen atoms in total. The van der Waals surface area contributed by atoms with E-state index in [0.717, 1.165) is 0 Å². The predicted octanol–water partition coefficient (Wildman–Crippen LogP) is 2.15. The van der Waals surface area contributed by atoms with Crippen LogP contribution in [-0.4, -0.2) is 15.0 Å². The molecule has 0 spiro atoms. The summed E-state index contributed by atoms with van der Waals surface area (Å²) in [5.41, 5.74) is 1.29. The Balaban J connectivity index is 3.08. The van der Waals surface area contributed by atoms with Gasteiger partial charge in [0, 0.05) is 18.0 Å². The van der Waals surface area contributed by atoms with Gasteiger partial charge < -0.3 is 0 Å². The number of nitrogens with one attached hydrogen (secondary N) is 1. The third kappa shape index (κ3) is 3.43. The molecular formula is C11H13ClN2O2S. The maximum absolute atomic E-state index is 11.9. The zero-order chi connectivity index (χ0) is 13.1. The van der Waals surface area contributed by atoms with Crippen LogP contribution >= 0.6 is 11.6 Å². The van der Waals surface area contributed by atoms with E-state index in [4.69, 9.17) is 16.9 Å². The molecule has 0 aliphatic rings. The molecule has 1 aromatic rings. The summed E-state index contributed by atoms with van der Waals surface area (Å²) in [5.74, 6) is 0. The summed E-state index contributed by atoms with van der Waals surface area (Å²) in [5, 5.41) is 8.91. The molecule has 0 atom stereocenters. The Labute approximate surface area is 106 Å². The molecule has 0 amide bonds. The van der Waals surface area contributed by atoms with Crippen molar-refractivity contribution in [2.75, 3.05) is 6.54 Å². The Morgan fingerprint density at radius 1 is 1.35 bits per heavy atom. The SMILES string of the molecule is Cc1cc(S(=O)(=O)NCCC#N)c(C)cc1Cl. The van der Waals surface area contributed by atoms with Crippen molar-refractivity contribution in [1.82, 2.24) is 4.72 Å². The smallest absolute Gasteiger partial charge is 0.210 e. The molecule has 0 radical (unpaired) electrons. The molecule has 0 aromatic heterocycles. The minimum absolute atomic E-state index is 0.111. The molecule has 0 bridgehead atoms. The van der Waals surface area contributed by atoms with Crippen LogP contribution in [0.2, 0.25) is 5.02 Å². The first-order chi connectivity index (χ1) is 7.88. The summed E-state index contributed by atoms with van der Waals surface area (Å²) >= 11 is 5.90. The Bertz CT molecular complexity index is 562. The van der Waals surface area contributed by atoms with E-state index in [1.807, 2.05) is 6.07 Å². The number of benzene rings is 1. The molecule has 92 valence electrons. The molecule has 0 saturated heterocycles. The van der Waals surface area contributed by atoms with Gasteiger partial charge in [-0.1, -0.05) is 11.6 Å². The van der Waals surface area contributed by atoms with E-state index in [1.165, 1.54) is 6.07 Å². The highest BCUT2D eigenvalue weighted by molar-refractivity contribution is 7.89. The van der Waals surface area contributed by atoms with Crippen molar-refractivity contribution in [2.45, 2.75) is 25.2 Å². The number of hydrogen-bond donors (Lipinski definition) is 1. The van der Waals surface area contributed by atoms with E-state index in [1.54, 1.807) is 19.9 Å². The average Bonchev–Trinajstić information content (AvgIpc) is 2.23. The van der Waals surface area contributed by atoms with E-state index in [9.17, 15) is 8.42 Å². The molecule has 0 unspecified atom stereocenters. The Hall–Kier alpha value is -1.09. The highest BCUT2D eigenvalue weighted by Crippen LogP contribution is 2.23. The van der Waals surface area contributed by atoms with Crippen molar-refractivity contribution in [3.63, 3.8) is 0 Å². The highest BCUT2D eigenvalue weighted by atomic mass is 35.5. The Morgan fingerprint density at radius 3 is 2.59 bits per heavy atom. The standard InChI is InChI=1S/C11H13ClN2O2S/c1-8-7-11(9(2)6-10(8)12)17(15,16)14-5-3-4-13/h6-7,14H,3,5H2,1-2H3. The molecule has 0 heterocycles. The lowest BCUT2D eigenvalue weighted by molar-refractivity contribution is 0.581. The van der Waals surface area contributed by atoms with Gasteiger partial charge in [-0.25, -0.2) is 13.1 Å². The molecule has 0 saturated carbocycles. The second-order valence-electron chi connectivity index (χ2n) is 3.67. The summed E-state index contributed by atoms with van der Waals surface area (Å²) in [4.78, 5) is 0.206. The van der Waals surface area contributed by atoms with Gasteiger partial charge in [-0.2, -0.15) is 5.26 Å². The first-order valence-corrected chi connectivity index (χ1v) is 6.88. The third-order valence-corrected chi connectivity index (χ3v) is 4.28. The number of rotatable bonds is 4. The topological polar surface area (TPSA) is 70.0 Å². The summed E-state index contributed by atoms with van der Waals surface area (Å²) < 4.78 is 26.2. The molecular weight excluding hydrogens is 260 g/mol. The van der Waals surface area contributed by atoms with Crippen LogP contribution < -0.4 is 4.72 Å². The summed E-state index contributed by atoms with van der Waals surface area (Å²) in [6.45, 7) is 3.54. The van der Waals surface area contributed by atoms with E-state index < -0.39 is 10.0 Å². The van der Waals surface area contributed by atoms with Gasteiger partial charge in [0.25, 0.3) is 0 Å². The predicted molar refractivity (Wildman–Crippen MR) is 66.3 cm³/mol. The molecule has 0 aliphatic carbocycles. The Kier molecular flexibility index (Phi) is 4.52. The van der Waals surface area contributed by atoms with E-state index >= 15 is 0 Å². The van der Waals surface area contributed by atoms with Crippen molar-refractivity contribution in [3.8, 4) is 6.07 Å². The van der Waals surface area contributed by atoms with Crippen LogP contribution in [0.4, 0.5) is 0 Å². The molecule has 0 fully saturated rings. The van der Waals surface area contributed by atoms with Crippen LogP contribution in [0.25, 0.3) is 0 Å². The first kappa shape index (κ1) is 14.0. The van der Waals surface area contributed by atoms with Crippen LogP contribution in [0.5, 0.6) is 0 Å². The van der Waals surface area contributed by atoms with Crippen molar-refractivity contribution >= 4 is 21.6 Å². The first-order valence-electron chi connectivity index (χ1n) is 5.02. The fourth-order valence-corrected chi connectivity index (χ4v) is 2.92. The van der Waals surface area contributed by atoms with Crippen LogP contribution in [0.1, 0.15) is 17.5 Å². The van der Waals surface area contributed by atoms with Gasteiger partial charge in [-0.3, -0.25) is 0 Å². The van der Waals surface area contributed by atoms with Gasteiger partial charge in [-0.15, -0.1) is 0 Å². The van der Waals surface area contributed by atoms with Crippen molar-refractivity contribution in [1.29, 1.82) is 5.26 Å². The second kappa shape index (κ2) is 5.50. The van der Waals surface area contributed by atoms with Crippen LogP contribution in [0.15, 0.2) is 17.0 Å². The summed E-state index contributed by atoms with van der Waals surface area (Å²) in [6, 6.07) is 5.03. The number of nitrogens with zero attached hydrogens (tertiary/aromatic N) is 1. The van der Waals surface area contributed by atoms with E-state index in [-0.39, 0.29) is 17.9 Å². The van der Waals surface area contributed by atoms with Crippen LogP contribution in [0, 0.1) is 25.2 Å². The normalized spacial score (nSPS) is 11.2. The monoisotopic (exact) mass is 272 g/mol. The Morgan fingerprint density at radius 2 is 2.00 bits per heavy atom.